The van der Waals surface area contributed by atoms with E-state index in [0.29, 0.717) is 38.8 Å². The molecule has 1 fully saturated rings. The number of carbonyl (C=O) groups excluding carboxylic acids is 1. The van der Waals surface area contributed by atoms with Gasteiger partial charge in [0.15, 0.2) is 5.96 Å². The molecule has 0 aromatic heterocycles. The Kier molecular flexibility index (Phi) is 8.72. The van der Waals surface area contributed by atoms with Crippen LogP contribution in [0.3, 0.4) is 0 Å². The number of hydrogen-bond donors (Lipinski definition) is 2. The second kappa shape index (κ2) is 11.0. The van der Waals surface area contributed by atoms with Gasteiger partial charge in [-0.15, -0.1) is 24.0 Å². The van der Waals surface area contributed by atoms with Crippen LogP contribution in [0.5, 0.6) is 0 Å². The summed E-state index contributed by atoms with van der Waals surface area (Å²) in [5.74, 6) is 0.00933. The molecule has 1 atom stereocenters. The molecule has 0 saturated carbocycles. The Balaban J connectivity index is 0.00000280. The number of nitrogens with zero attached hydrogens (tertiary/aromatic N) is 2. The van der Waals surface area contributed by atoms with E-state index in [-0.39, 0.29) is 35.8 Å². The highest BCUT2D eigenvalue weighted by molar-refractivity contribution is 14.0. The molecule has 0 bridgehead atoms. The summed E-state index contributed by atoms with van der Waals surface area (Å²) in [7, 11) is 0. The van der Waals surface area contributed by atoms with Gasteiger partial charge in [0, 0.05) is 18.8 Å². The summed E-state index contributed by atoms with van der Waals surface area (Å²) in [5.41, 5.74) is 9.02. The van der Waals surface area contributed by atoms with E-state index in [4.69, 9.17) is 10.5 Å². The Hall–Kier alpha value is -2.13. The normalized spacial score (nSPS) is 15.5. The number of halogens is 1. The number of hydrogen-bond acceptors (Lipinski definition) is 3. The van der Waals surface area contributed by atoms with Crippen molar-refractivity contribution < 1.29 is 9.53 Å². The van der Waals surface area contributed by atoms with E-state index in [2.05, 4.69) is 10.3 Å². The van der Waals surface area contributed by atoms with Crippen molar-refractivity contribution in [3.63, 3.8) is 0 Å². The fourth-order valence-electron chi connectivity index (χ4n) is 3.12. The summed E-state index contributed by atoms with van der Waals surface area (Å²) in [6.45, 7) is 4.70. The number of rotatable bonds is 5. The Labute approximate surface area is 183 Å². The van der Waals surface area contributed by atoms with Gasteiger partial charge in [-0.05, 0) is 30.2 Å². The van der Waals surface area contributed by atoms with Crippen LogP contribution in [-0.2, 0) is 9.53 Å². The highest BCUT2D eigenvalue weighted by Gasteiger charge is 2.27. The van der Waals surface area contributed by atoms with Gasteiger partial charge in [-0.25, -0.2) is 0 Å². The number of aliphatic imine (C=N–C) groups is 1. The second-order valence-corrected chi connectivity index (χ2v) is 6.62. The van der Waals surface area contributed by atoms with Crippen molar-refractivity contribution in [3.8, 4) is 0 Å². The van der Waals surface area contributed by atoms with Crippen LogP contribution in [-0.4, -0.2) is 49.6 Å². The monoisotopic (exact) mass is 494 g/mol. The second-order valence-electron chi connectivity index (χ2n) is 6.62. The average molecular weight is 494 g/mol. The van der Waals surface area contributed by atoms with Gasteiger partial charge in [-0.1, -0.05) is 42.5 Å². The van der Waals surface area contributed by atoms with Gasteiger partial charge in [0.25, 0.3) is 0 Å². The molecule has 2 aromatic rings. The summed E-state index contributed by atoms with van der Waals surface area (Å²) in [4.78, 5) is 19.3. The van der Waals surface area contributed by atoms with Crippen molar-refractivity contribution in [2.24, 2.45) is 10.7 Å². The van der Waals surface area contributed by atoms with Crippen molar-refractivity contribution in [2.45, 2.75) is 12.8 Å². The first-order valence-electron chi connectivity index (χ1n) is 9.18. The average Bonchev–Trinajstić information content (AvgIpc) is 2.69. The molecule has 7 heteroatoms. The molecule has 1 saturated heterocycles. The molecule has 1 aliphatic rings. The quantitative estimate of drug-likeness (QED) is 0.381. The molecule has 6 nitrogen and oxygen atoms in total. The molecule has 1 amide bonds. The maximum absolute atomic E-state index is 13.1. The van der Waals surface area contributed by atoms with Crippen LogP contribution in [0, 0.1) is 6.92 Å². The van der Waals surface area contributed by atoms with E-state index in [1.165, 1.54) is 0 Å². The largest absolute Gasteiger partial charge is 0.378 e. The van der Waals surface area contributed by atoms with Gasteiger partial charge in [-0.3, -0.25) is 9.79 Å². The minimum Gasteiger partial charge on any atom is -0.378 e. The van der Waals surface area contributed by atoms with Crippen molar-refractivity contribution in [3.05, 3.63) is 65.7 Å². The minimum atomic E-state index is -0.359. The SMILES string of the molecule is Cc1cccc(NC(N)=NCC(C(=O)N2CCOCC2)c2ccccc2)c1.I. The zero-order valence-electron chi connectivity index (χ0n) is 16.0. The summed E-state index contributed by atoms with van der Waals surface area (Å²) in [6, 6.07) is 17.6. The summed E-state index contributed by atoms with van der Waals surface area (Å²) >= 11 is 0. The summed E-state index contributed by atoms with van der Waals surface area (Å²) in [5, 5.41) is 3.09. The standard InChI is InChI=1S/C21H26N4O2.HI/c1-16-6-5-9-18(14-16)24-21(22)23-15-19(17-7-3-2-4-8-17)20(26)25-10-12-27-13-11-25;/h2-9,14,19H,10-13,15H2,1H3,(H3,22,23,24);1H. The molecule has 0 spiro atoms. The number of ether oxygens (including phenoxy) is 1. The Morgan fingerprint density at radius 1 is 1.18 bits per heavy atom. The first kappa shape index (κ1) is 22.2. The van der Waals surface area contributed by atoms with Crippen LogP contribution >= 0.6 is 24.0 Å². The lowest BCUT2D eigenvalue weighted by atomic mass is 9.97. The number of carbonyl (C=O) groups is 1. The minimum absolute atomic E-state index is 0. The maximum atomic E-state index is 13.1. The lowest BCUT2D eigenvalue weighted by Crippen LogP contribution is -2.43. The molecule has 150 valence electrons. The van der Waals surface area contributed by atoms with E-state index in [9.17, 15) is 4.79 Å². The number of nitrogens with one attached hydrogen (secondary N) is 1. The zero-order chi connectivity index (χ0) is 19.1. The number of benzene rings is 2. The predicted molar refractivity (Wildman–Crippen MR) is 123 cm³/mol. The molecule has 0 radical (unpaired) electrons. The topological polar surface area (TPSA) is 79.9 Å². The summed E-state index contributed by atoms with van der Waals surface area (Å²) < 4.78 is 5.36. The van der Waals surface area contributed by atoms with Gasteiger partial charge in [0.2, 0.25) is 5.91 Å². The van der Waals surface area contributed by atoms with Crippen molar-refractivity contribution in [2.75, 3.05) is 38.2 Å². The smallest absolute Gasteiger partial charge is 0.232 e. The first-order valence-corrected chi connectivity index (χ1v) is 9.18. The number of aryl methyl sites for hydroxylation is 1. The maximum Gasteiger partial charge on any atom is 0.232 e. The lowest BCUT2D eigenvalue weighted by Gasteiger charge is -2.30. The van der Waals surface area contributed by atoms with Crippen LogP contribution in [0.25, 0.3) is 0 Å². The Bertz CT molecular complexity index is 792. The number of morpholine rings is 1. The molecule has 28 heavy (non-hydrogen) atoms. The Morgan fingerprint density at radius 3 is 2.57 bits per heavy atom. The van der Waals surface area contributed by atoms with Gasteiger partial charge in [-0.2, -0.15) is 0 Å². The molecule has 1 heterocycles. The fourth-order valence-corrected chi connectivity index (χ4v) is 3.12. The fraction of sp³-hybridized carbons (Fsp3) is 0.333. The molecular weight excluding hydrogens is 467 g/mol. The van der Waals surface area contributed by atoms with Crippen LogP contribution in [0.1, 0.15) is 17.0 Å². The zero-order valence-corrected chi connectivity index (χ0v) is 18.3. The van der Waals surface area contributed by atoms with E-state index >= 15 is 0 Å². The molecule has 1 unspecified atom stereocenters. The molecule has 0 aliphatic carbocycles. The molecular formula is C21H27IN4O2. The van der Waals surface area contributed by atoms with E-state index in [1.54, 1.807) is 0 Å². The number of guanidine groups is 1. The van der Waals surface area contributed by atoms with Crippen LogP contribution in [0.15, 0.2) is 59.6 Å². The third-order valence-corrected chi connectivity index (χ3v) is 4.56. The van der Waals surface area contributed by atoms with E-state index in [1.807, 2.05) is 66.4 Å². The predicted octanol–water partition coefficient (Wildman–Crippen LogP) is 2.98. The number of anilines is 1. The molecule has 3 N–H and O–H groups in total. The number of nitrogens with two attached hydrogens (primary N) is 1. The van der Waals surface area contributed by atoms with Crippen molar-refractivity contribution in [1.82, 2.24) is 4.90 Å². The van der Waals surface area contributed by atoms with Crippen LogP contribution < -0.4 is 11.1 Å². The molecule has 1 aliphatic heterocycles. The lowest BCUT2D eigenvalue weighted by molar-refractivity contribution is -0.136. The van der Waals surface area contributed by atoms with Crippen LogP contribution in [0.4, 0.5) is 5.69 Å². The van der Waals surface area contributed by atoms with E-state index in [0.717, 1.165) is 16.8 Å². The highest BCUT2D eigenvalue weighted by atomic mass is 127. The first-order chi connectivity index (χ1) is 13.1. The van der Waals surface area contributed by atoms with Gasteiger partial charge in [0.05, 0.1) is 25.7 Å². The third-order valence-electron chi connectivity index (χ3n) is 4.56. The van der Waals surface area contributed by atoms with Gasteiger partial charge >= 0.3 is 0 Å². The summed E-state index contributed by atoms with van der Waals surface area (Å²) in [6.07, 6.45) is 0. The highest BCUT2D eigenvalue weighted by Crippen LogP contribution is 2.20. The molecule has 3 rings (SSSR count). The van der Waals surface area contributed by atoms with E-state index < -0.39 is 0 Å². The van der Waals surface area contributed by atoms with Crippen molar-refractivity contribution in [1.29, 1.82) is 0 Å². The number of amides is 1. The Morgan fingerprint density at radius 2 is 1.89 bits per heavy atom. The van der Waals surface area contributed by atoms with Gasteiger partial charge in [0.1, 0.15) is 0 Å². The van der Waals surface area contributed by atoms with Crippen molar-refractivity contribution >= 4 is 41.5 Å². The molecule has 2 aromatic carbocycles. The van der Waals surface area contributed by atoms with Gasteiger partial charge < -0.3 is 20.7 Å². The third kappa shape index (κ3) is 6.20. The van der Waals surface area contributed by atoms with Crippen LogP contribution in [0.2, 0.25) is 0 Å².